The normalized spacial score (nSPS) is 10.9. The largest absolute Gasteiger partial charge is 0.483 e. The molecule has 11 heteroatoms. The van der Waals surface area contributed by atoms with Crippen LogP contribution in [0.3, 0.4) is 0 Å². The van der Waals surface area contributed by atoms with E-state index >= 15 is 0 Å². The molecule has 0 radical (unpaired) electrons. The van der Waals surface area contributed by atoms with Crippen LogP contribution in [0.15, 0.2) is 59.3 Å². The zero-order valence-electron chi connectivity index (χ0n) is 16.6. The standard InChI is InChI=1S/C22H14Cl5N3O3/c23-13-6-18(26)21(19(27)7-13)32-11-15-2-4-20(33-15)22(31)29-14-8-28-30(10-14)9-12-1-3-16(24)17(25)5-12/h1-8,10H,9,11H2,(H,29,31). The molecule has 0 spiro atoms. The number of carbonyl (C=O) groups excluding carboxylic acids is 1. The minimum atomic E-state index is -0.433. The maximum absolute atomic E-state index is 12.5. The van der Waals surface area contributed by atoms with Crippen LogP contribution >= 0.6 is 58.0 Å². The Bertz CT molecular complexity index is 1300. The summed E-state index contributed by atoms with van der Waals surface area (Å²) in [5, 5.41) is 8.87. The number of hydrogen-bond acceptors (Lipinski definition) is 4. The molecule has 0 aliphatic rings. The average molecular weight is 546 g/mol. The minimum absolute atomic E-state index is 0.0237. The number of benzene rings is 2. The Balaban J connectivity index is 1.36. The number of rotatable bonds is 7. The number of halogens is 5. The maximum Gasteiger partial charge on any atom is 0.291 e. The number of nitrogens with one attached hydrogen (secondary N) is 1. The van der Waals surface area contributed by atoms with Crippen LogP contribution in [-0.4, -0.2) is 15.7 Å². The third-order valence-corrected chi connectivity index (χ3v) is 5.95. The second-order valence-corrected chi connectivity index (χ2v) is 8.95. The van der Waals surface area contributed by atoms with Crippen molar-refractivity contribution in [2.24, 2.45) is 0 Å². The minimum Gasteiger partial charge on any atom is -0.483 e. The molecule has 2 heterocycles. The summed E-state index contributed by atoms with van der Waals surface area (Å²) in [5.41, 5.74) is 1.43. The fourth-order valence-corrected chi connectivity index (χ4v) is 4.17. The molecule has 0 saturated heterocycles. The van der Waals surface area contributed by atoms with Gasteiger partial charge in [-0.3, -0.25) is 9.48 Å². The number of hydrogen-bond donors (Lipinski definition) is 1. The van der Waals surface area contributed by atoms with Crippen molar-refractivity contribution in [2.45, 2.75) is 13.2 Å². The SMILES string of the molecule is O=C(Nc1cnn(Cc2ccc(Cl)c(Cl)c2)c1)c1ccc(COc2c(Cl)cc(Cl)cc2Cl)o1. The summed E-state index contributed by atoms with van der Waals surface area (Å²) in [6.07, 6.45) is 3.23. The Kier molecular flexibility index (Phi) is 7.41. The highest BCUT2D eigenvalue weighted by molar-refractivity contribution is 6.42. The topological polar surface area (TPSA) is 69.3 Å². The maximum atomic E-state index is 12.5. The molecule has 0 atom stereocenters. The van der Waals surface area contributed by atoms with Gasteiger partial charge in [-0.25, -0.2) is 0 Å². The second-order valence-electron chi connectivity index (χ2n) is 6.88. The number of furan rings is 1. The molecule has 1 N–H and O–H groups in total. The summed E-state index contributed by atoms with van der Waals surface area (Å²) in [4.78, 5) is 12.5. The van der Waals surface area contributed by atoms with Crippen LogP contribution in [-0.2, 0) is 13.2 Å². The average Bonchev–Trinajstić information content (AvgIpc) is 3.39. The Labute approximate surface area is 213 Å². The lowest BCUT2D eigenvalue weighted by atomic mass is 10.2. The van der Waals surface area contributed by atoms with E-state index in [0.717, 1.165) is 5.56 Å². The van der Waals surface area contributed by atoms with Crippen molar-refractivity contribution in [3.8, 4) is 5.75 Å². The van der Waals surface area contributed by atoms with Crippen LogP contribution < -0.4 is 10.1 Å². The Morgan fingerprint density at radius 3 is 2.45 bits per heavy atom. The number of aromatic nitrogens is 2. The molecule has 1 amide bonds. The van der Waals surface area contributed by atoms with Crippen molar-refractivity contribution in [1.82, 2.24) is 9.78 Å². The van der Waals surface area contributed by atoms with Gasteiger partial charge in [-0.2, -0.15) is 5.10 Å². The van der Waals surface area contributed by atoms with Gasteiger partial charge in [-0.15, -0.1) is 0 Å². The summed E-state index contributed by atoms with van der Waals surface area (Å²) < 4.78 is 12.8. The molecule has 0 fully saturated rings. The van der Waals surface area contributed by atoms with Crippen LogP contribution in [0.25, 0.3) is 0 Å². The number of ether oxygens (including phenoxy) is 1. The molecule has 6 nitrogen and oxygen atoms in total. The van der Waals surface area contributed by atoms with Crippen molar-refractivity contribution in [3.05, 3.63) is 97.1 Å². The van der Waals surface area contributed by atoms with E-state index in [1.807, 2.05) is 6.07 Å². The van der Waals surface area contributed by atoms with E-state index in [0.29, 0.717) is 33.1 Å². The molecule has 0 aliphatic heterocycles. The molecule has 0 aliphatic carbocycles. The molecule has 170 valence electrons. The van der Waals surface area contributed by atoms with Gasteiger partial charge < -0.3 is 14.5 Å². The molecule has 4 aromatic rings. The first kappa shape index (κ1) is 23.8. The van der Waals surface area contributed by atoms with Crippen LogP contribution in [0.2, 0.25) is 25.1 Å². The first-order chi connectivity index (χ1) is 15.8. The third kappa shape index (κ3) is 5.96. The van der Waals surface area contributed by atoms with E-state index in [-0.39, 0.29) is 28.2 Å². The molecule has 2 aromatic heterocycles. The number of amides is 1. The summed E-state index contributed by atoms with van der Waals surface area (Å²) in [6, 6.07) is 11.5. The third-order valence-electron chi connectivity index (χ3n) is 4.43. The van der Waals surface area contributed by atoms with Crippen molar-refractivity contribution in [3.63, 3.8) is 0 Å². The van der Waals surface area contributed by atoms with Gasteiger partial charge in [0.25, 0.3) is 5.91 Å². The smallest absolute Gasteiger partial charge is 0.291 e. The lowest BCUT2D eigenvalue weighted by molar-refractivity contribution is 0.0992. The first-order valence-corrected chi connectivity index (χ1v) is 11.3. The Morgan fingerprint density at radius 1 is 0.970 bits per heavy atom. The van der Waals surface area contributed by atoms with E-state index in [1.54, 1.807) is 35.1 Å². The van der Waals surface area contributed by atoms with Crippen molar-refractivity contribution >= 4 is 69.6 Å². The van der Waals surface area contributed by atoms with Gasteiger partial charge in [0.15, 0.2) is 11.5 Å². The van der Waals surface area contributed by atoms with Gasteiger partial charge in [0.05, 0.1) is 38.5 Å². The van der Waals surface area contributed by atoms with Crippen molar-refractivity contribution in [2.75, 3.05) is 5.32 Å². The number of anilines is 1. The lowest BCUT2D eigenvalue weighted by Crippen LogP contribution is -2.10. The molecule has 2 aromatic carbocycles. The van der Waals surface area contributed by atoms with Crippen LogP contribution in [0.1, 0.15) is 21.9 Å². The van der Waals surface area contributed by atoms with Crippen LogP contribution in [0, 0.1) is 0 Å². The number of carbonyl (C=O) groups is 1. The second kappa shape index (κ2) is 10.3. The highest BCUT2D eigenvalue weighted by atomic mass is 35.5. The predicted octanol–water partition coefficient (Wildman–Crippen LogP) is 7.62. The van der Waals surface area contributed by atoms with Gasteiger partial charge in [-0.1, -0.05) is 64.1 Å². The highest BCUT2D eigenvalue weighted by Crippen LogP contribution is 2.36. The van der Waals surface area contributed by atoms with Crippen molar-refractivity contribution in [1.29, 1.82) is 0 Å². The zero-order valence-corrected chi connectivity index (χ0v) is 20.4. The van der Waals surface area contributed by atoms with E-state index in [4.69, 9.17) is 67.2 Å². The van der Waals surface area contributed by atoms with E-state index in [1.165, 1.54) is 18.3 Å². The lowest BCUT2D eigenvalue weighted by Gasteiger charge is -2.09. The fraction of sp³-hybridized carbons (Fsp3) is 0.0909. The zero-order chi connectivity index (χ0) is 23.5. The van der Waals surface area contributed by atoms with E-state index in [9.17, 15) is 4.79 Å². The van der Waals surface area contributed by atoms with Gasteiger partial charge in [0, 0.05) is 11.2 Å². The molecular formula is C22H14Cl5N3O3. The summed E-state index contributed by atoms with van der Waals surface area (Å²) in [7, 11) is 0. The van der Waals surface area contributed by atoms with E-state index < -0.39 is 5.91 Å². The highest BCUT2D eigenvalue weighted by Gasteiger charge is 2.15. The fourth-order valence-electron chi connectivity index (χ4n) is 2.92. The molecule has 4 rings (SSSR count). The quantitative estimate of drug-likeness (QED) is 0.259. The Hall–Kier alpha value is -2.35. The summed E-state index contributed by atoms with van der Waals surface area (Å²) in [5.74, 6) is 0.370. The molecular weight excluding hydrogens is 532 g/mol. The molecule has 0 saturated carbocycles. The Morgan fingerprint density at radius 2 is 1.73 bits per heavy atom. The van der Waals surface area contributed by atoms with E-state index in [2.05, 4.69) is 10.4 Å². The summed E-state index contributed by atoms with van der Waals surface area (Å²) >= 11 is 30.1. The van der Waals surface area contributed by atoms with Gasteiger partial charge in [0.2, 0.25) is 0 Å². The monoisotopic (exact) mass is 543 g/mol. The van der Waals surface area contributed by atoms with Crippen LogP contribution in [0.4, 0.5) is 5.69 Å². The molecule has 0 bridgehead atoms. The number of nitrogens with zero attached hydrogens (tertiary/aromatic N) is 2. The van der Waals surface area contributed by atoms with Crippen LogP contribution in [0.5, 0.6) is 5.75 Å². The van der Waals surface area contributed by atoms with Gasteiger partial charge in [-0.05, 0) is 42.0 Å². The molecule has 33 heavy (non-hydrogen) atoms. The van der Waals surface area contributed by atoms with Gasteiger partial charge >= 0.3 is 0 Å². The van der Waals surface area contributed by atoms with Crippen molar-refractivity contribution < 1.29 is 13.9 Å². The predicted molar refractivity (Wildman–Crippen MR) is 130 cm³/mol. The molecule has 0 unspecified atom stereocenters. The first-order valence-electron chi connectivity index (χ1n) is 9.42. The van der Waals surface area contributed by atoms with Gasteiger partial charge in [0.1, 0.15) is 12.4 Å². The summed E-state index contributed by atoms with van der Waals surface area (Å²) in [6.45, 7) is 0.487.